The minimum Gasteiger partial charge on any atom is -0.361 e. The smallest absolute Gasteiger partial charge is 0.273 e. The second kappa shape index (κ2) is 7.60. The van der Waals surface area contributed by atoms with Crippen molar-refractivity contribution in [2.45, 2.75) is 12.5 Å². The quantitative estimate of drug-likeness (QED) is 0.582. The standard InChI is InChI=1S/C19H17N3O4/c23-21(24)17-9-4-8-16(14-17)19-18(22(25)26)10-5-12-20(19)13-11-15-6-2-1-3-7-15/h1-10,12,14,19H,11,13H2. The maximum atomic E-state index is 11.5. The Morgan fingerprint density at radius 2 is 1.73 bits per heavy atom. The molecule has 26 heavy (non-hydrogen) atoms. The highest BCUT2D eigenvalue weighted by Gasteiger charge is 2.33. The lowest BCUT2D eigenvalue weighted by Crippen LogP contribution is -2.31. The molecule has 0 fully saturated rings. The zero-order valence-corrected chi connectivity index (χ0v) is 13.9. The van der Waals surface area contributed by atoms with Gasteiger partial charge in [0, 0.05) is 31.0 Å². The molecule has 0 N–H and O–H groups in total. The van der Waals surface area contributed by atoms with Crippen LogP contribution in [0, 0.1) is 20.2 Å². The van der Waals surface area contributed by atoms with Crippen LogP contribution in [-0.4, -0.2) is 21.3 Å². The summed E-state index contributed by atoms with van der Waals surface area (Å²) >= 11 is 0. The first-order chi connectivity index (χ1) is 12.6. The first kappa shape index (κ1) is 17.3. The molecule has 0 bridgehead atoms. The summed E-state index contributed by atoms with van der Waals surface area (Å²) in [5.74, 6) is 0. The van der Waals surface area contributed by atoms with E-state index >= 15 is 0 Å². The maximum Gasteiger partial charge on any atom is 0.273 e. The summed E-state index contributed by atoms with van der Waals surface area (Å²) in [6.45, 7) is 0.555. The van der Waals surface area contributed by atoms with Crippen molar-refractivity contribution in [3.8, 4) is 0 Å². The predicted molar refractivity (Wildman–Crippen MR) is 96.9 cm³/mol. The first-order valence-corrected chi connectivity index (χ1v) is 8.13. The Bertz CT molecular complexity index is 877. The number of nitrogens with zero attached hydrogens (tertiary/aromatic N) is 3. The average molecular weight is 351 g/mol. The van der Waals surface area contributed by atoms with E-state index in [1.165, 1.54) is 18.2 Å². The molecule has 2 aromatic rings. The van der Waals surface area contributed by atoms with Crippen LogP contribution >= 0.6 is 0 Å². The maximum absolute atomic E-state index is 11.5. The van der Waals surface area contributed by atoms with Gasteiger partial charge in [0.25, 0.3) is 11.4 Å². The lowest BCUT2D eigenvalue weighted by Gasteiger charge is -2.30. The van der Waals surface area contributed by atoms with Crippen molar-refractivity contribution in [1.82, 2.24) is 4.90 Å². The summed E-state index contributed by atoms with van der Waals surface area (Å²) in [5, 5.41) is 22.6. The zero-order valence-electron chi connectivity index (χ0n) is 13.9. The van der Waals surface area contributed by atoms with Crippen LogP contribution in [0.1, 0.15) is 17.2 Å². The molecule has 0 spiro atoms. The van der Waals surface area contributed by atoms with E-state index in [1.54, 1.807) is 24.4 Å². The molecule has 0 saturated carbocycles. The van der Waals surface area contributed by atoms with Gasteiger partial charge < -0.3 is 4.90 Å². The van der Waals surface area contributed by atoms with Gasteiger partial charge in [-0.2, -0.15) is 0 Å². The largest absolute Gasteiger partial charge is 0.361 e. The molecule has 1 heterocycles. The van der Waals surface area contributed by atoms with Crippen LogP contribution in [0.25, 0.3) is 0 Å². The normalized spacial score (nSPS) is 16.2. The summed E-state index contributed by atoms with van der Waals surface area (Å²) in [6, 6.07) is 15.2. The van der Waals surface area contributed by atoms with Crippen LogP contribution in [0.4, 0.5) is 5.69 Å². The Balaban J connectivity index is 1.91. The van der Waals surface area contributed by atoms with Crippen molar-refractivity contribution in [3.05, 3.63) is 110 Å². The molecule has 3 rings (SSSR count). The van der Waals surface area contributed by atoms with Crippen LogP contribution in [-0.2, 0) is 6.42 Å². The zero-order chi connectivity index (χ0) is 18.5. The number of nitro benzene ring substituents is 1. The number of nitro groups is 2. The summed E-state index contributed by atoms with van der Waals surface area (Å²) in [7, 11) is 0. The topological polar surface area (TPSA) is 89.5 Å². The Hall–Kier alpha value is -3.48. The van der Waals surface area contributed by atoms with Crippen molar-refractivity contribution in [1.29, 1.82) is 0 Å². The molecule has 7 nitrogen and oxygen atoms in total. The molecule has 2 aromatic carbocycles. The van der Waals surface area contributed by atoms with Gasteiger partial charge in [-0.25, -0.2) is 0 Å². The third-order valence-electron chi connectivity index (χ3n) is 4.27. The molecule has 0 aromatic heterocycles. The molecular weight excluding hydrogens is 334 g/mol. The average Bonchev–Trinajstić information content (AvgIpc) is 2.67. The second-order valence-corrected chi connectivity index (χ2v) is 5.92. The first-order valence-electron chi connectivity index (χ1n) is 8.13. The predicted octanol–water partition coefficient (Wildman–Crippen LogP) is 3.87. The van der Waals surface area contributed by atoms with Gasteiger partial charge >= 0.3 is 0 Å². The van der Waals surface area contributed by atoms with Crippen LogP contribution in [0.15, 0.2) is 78.6 Å². The SMILES string of the molecule is O=[N+]([O-])C1=CC=CN(CCc2ccccc2)C1c1cccc([N+](=O)[O-])c1. The fraction of sp³-hybridized carbons (Fsp3) is 0.158. The number of allylic oxidation sites excluding steroid dienone is 2. The molecule has 1 atom stereocenters. The van der Waals surface area contributed by atoms with Crippen molar-refractivity contribution in [3.63, 3.8) is 0 Å². The monoisotopic (exact) mass is 351 g/mol. The van der Waals surface area contributed by atoms with Crippen LogP contribution in [0.5, 0.6) is 0 Å². The number of non-ortho nitro benzene ring substituents is 1. The Labute approximate surface area is 150 Å². The number of hydrogen-bond donors (Lipinski definition) is 0. The van der Waals surface area contributed by atoms with Gasteiger partial charge in [0.15, 0.2) is 0 Å². The number of rotatable bonds is 6. The van der Waals surface area contributed by atoms with E-state index in [-0.39, 0.29) is 11.4 Å². The van der Waals surface area contributed by atoms with Crippen molar-refractivity contribution in [2.75, 3.05) is 6.54 Å². The molecule has 7 heteroatoms. The van der Waals surface area contributed by atoms with Crippen molar-refractivity contribution < 1.29 is 9.85 Å². The van der Waals surface area contributed by atoms with Crippen molar-refractivity contribution >= 4 is 5.69 Å². The minimum absolute atomic E-state index is 0.000981. The summed E-state index contributed by atoms with van der Waals surface area (Å²) < 4.78 is 0. The number of benzene rings is 2. The van der Waals surface area contributed by atoms with E-state index < -0.39 is 15.9 Å². The molecule has 0 saturated heterocycles. The highest BCUT2D eigenvalue weighted by atomic mass is 16.6. The second-order valence-electron chi connectivity index (χ2n) is 5.92. The van der Waals surface area contributed by atoms with Crippen LogP contribution in [0.2, 0.25) is 0 Å². The van der Waals surface area contributed by atoms with Crippen molar-refractivity contribution in [2.24, 2.45) is 0 Å². The lowest BCUT2D eigenvalue weighted by molar-refractivity contribution is -0.433. The van der Waals surface area contributed by atoms with E-state index in [0.717, 1.165) is 5.56 Å². The third-order valence-corrected chi connectivity index (χ3v) is 4.27. The number of hydrogen-bond acceptors (Lipinski definition) is 5. The molecule has 0 radical (unpaired) electrons. The van der Waals surface area contributed by atoms with Gasteiger partial charge in [-0.15, -0.1) is 0 Å². The highest BCUT2D eigenvalue weighted by Crippen LogP contribution is 2.33. The van der Waals surface area contributed by atoms with Gasteiger partial charge in [-0.3, -0.25) is 20.2 Å². The van der Waals surface area contributed by atoms with Gasteiger partial charge in [0.1, 0.15) is 6.04 Å². The molecule has 1 aliphatic rings. The lowest BCUT2D eigenvalue weighted by atomic mass is 9.98. The summed E-state index contributed by atoms with van der Waals surface area (Å²) in [5.41, 5.74) is 1.57. The molecule has 0 aliphatic carbocycles. The molecule has 1 unspecified atom stereocenters. The van der Waals surface area contributed by atoms with Gasteiger partial charge in [0.05, 0.1) is 9.85 Å². The Morgan fingerprint density at radius 1 is 0.962 bits per heavy atom. The third kappa shape index (κ3) is 3.77. The Morgan fingerprint density at radius 3 is 2.42 bits per heavy atom. The van der Waals surface area contributed by atoms with E-state index in [0.29, 0.717) is 18.5 Å². The van der Waals surface area contributed by atoms with Gasteiger partial charge in [0.2, 0.25) is 0 Å². The highest BCUT2D eigenvalue weighted by molar-refractivity contribution is 5.39. The van der Waals surface area contributed by atoms with E-state index in [9.17, 15) is 20.2 Å². The van der Waals surface area contributed by atoms with E-state index in [4.69, 9.17) is 0 Å². The summed E-state index contributed by atoms with van der Waals surface area (Å²) in [4.78, 5) is 23.5. The Kier molecular flexibility index (Phi) is 5.07. The minimum atomic E-state index is -0.668. The fourth-order valence-corrected chi connectivity index (χ4v) is 3.04. The summed E-state index contributed by atoms with van der Waals surface area (Å²) in [6.07, 6.45) is 5.58. The molecule has 0 amide bonds. The van der Waals surface area contributed by atoms with Gasteiger partial charge in [-0.05, 0) is 23.6 Å². The molecule has 132 valence electrons. The van der Waals surface area contributed by atoms with Crippen LogP contribution in [0.3, 0.4) is 0 Å². The van der Waals surface area contributed by atoms with Gasteiger partial charge in [-0.1, -0.05) is 42.5 Å². The van der Waals surface area contributed by atoms with E-state index in [2.05, 4.69) is 0 Å². The molecular formula is C19H17N3O4. The van der Waals surface area contributed by atoms with Crippen LogP contribution < -0.4 is 0 Å². The fourth-order valence-electron chi connectivity index (χ4n) is 3.04. The molecule has 1 aliphatic heterocycles. The van der Waals surface area contributed by atoms with E-state index in [1.807, 2.05) is 35.2 Å².